The standard InChI is InChI=1S/C10H8Br2F2O3/c1-16-9(15)4-6-7(11)2-5(3-8(6)12)17-10(13)14/h2-3,10H,4H2,1H3. The normalized spacial score (nSPS) is 10.5. The predicted octanol–water partition coefficient (Wildman–Crippen LogP) is 3.53. The van der Waals surface area contributed by atoms with E-state index < -0.39 is 12.6 Å². The maximum absolute atomic E-state index is 12.0. The first-order chi connectivity index (χ1) is 7.93. The molecule has 0 radical (unpaired) electrons. The predicted molar refractivity (Wildman–Crippen MR) is 64.2 cm³/mol. The molecule has 7 heteroatoms. The summed E-state index contributed by atoms with van der Waals surface area (Å²) in [4.78, 5) is 11.1. The second-order valence-electron chi connectivity index (χ2n) is 3.00. The number of hydrogen-bond acceptors (Lipinski definition) is 3. The Kier molecular flexibility index (Phi) is 5.32. The average molecular weight is 374 g/mol. The Morgan fingerprint density at radius 3 is 2.29 bits per heavy atom. The molecular formula is C10H8Br2F2O3. The summed E-state index contributed by atoms with van der Waals surface area (Å²) in [6.45, 7) is -2.89. The van der Waals surface area contributed by atoms with Gasteiger partial charge < -0.3 is 9.47 Å². The van der Waals surface area contributed by atoms with Crippen molar-refractivity contribution in [3.05, 3.63) is 26.6 Å². The van der Waals surface area contributed by atoms with Crippen molar-refractivity contribution in [2.75, 3.05) is 7.11 Å². The fraction of sp³-hybridized carbons (Fsp3) is 0.300. The third-order valence-corrected chi connectivity index (χ3v) is 3.30. The number of methoxy groups -OCH3 is 1. The zero-order chi connectivity index (χ0) is 13.0. The first kappa shape index (κ1) is 14.4. The summed E-state index contributed by atoms with van der Waals surface area (Å²) in [5.74, 6) is -0.415. The minimum absolute atomic E-state index is 0.00682. The number of halogens is 4. The topological polar surface area (TPSA) is 35.5 Å². The second-order valence-corrected chi connectivity index (χ2v) is 4.71. The van der Waals surface area contributed by atoms with Crippen molar-refractivity contribution in [1.82, 2.24) is 0 Å². The number of esters is 1. The fourth-order valence-corrected chi connectivity index (χ4v) is 2.56. The smallest absolute Gasteiger partial charge is 0.387 e. The highest BCUT2D eigenvalue weighted by molar-refractivity contribution is 9.11. The fourth-order valence-electron chi connectivity index (χ4n) is 1.14. The van der Waals surface area contributed by atoms with E-state index >= 15 is 0 Å². The molecule has 0 N–H and O–H groups in total. The van der Waals surface area contributed by atoms with E-state index in [9.17, 15) is 13.6 Å². The lowest BCUT2D eigenvalue weighted by molar-refractivity contribution is -0.139. The summed E-state index contributed by atoms with van der Waals surface area (Å²) in [6.07, 6.45) is 0.0344. The van der Waals surface area contributed by atoms with E-state index in [1.54, 1.807) is 0 Å². The van der Waals surface area contributed by atoms with E-state index in [0.29, 0.717) is 14.5 Å². The van der Waals surface area contributed by atoms with Gasteiger partial charge in [-0.2, -0.15) is 8.78 Å². The van der Waals surface area contributed by atoms with Gasteiger partial charge in [0.15, 0.2) is 0 Å². The van der Waals surface area contributed by atoms with E-state index in [-0.39, 0.29) is 12.2 Å². The van der Waals surface area contributed by atoms with Crippen LogP contribution in [0.3, 0.4) is 0 Å². The van der Waals surface area contributed by atoms with Gasteiger partial charge in [-0.25, -0.2) is 0 Å². The highest BCUT2D eigenvalue weighted by atomic mass is 79.9. The number of ether oxygens (including phenoxy) is 2. The molecule has 0 saturated carbocycles. The number of carbonyl (C=O) groups excluding carboxylic acids is 1. The van der Waals surface area contributed by atoms with E-state index in [1.165, 1.54) is 19.2 Å². The van der Waals surface area contributed by atoms with Gasteiger partial charge in [0.1, 0.15) is 5.75 Å². The van der Waals surface area contributed by atoms with E-state index in [1.807, 2.05) is 0 Å². The number of carbonyl (C=O) groups is 1. The summed E-state index contributed by atoms with van der Waals surface area (Å²) in [5.41, 5.74) is 0.610. The molecule has 0 heterocycles. The van der Waals surface area contributed by atoms with Gasteiger partial charge in [-0.15, -0.1) is 0 Å². The lowest BCUT2D eigenvalue weighted by Gasteiger charge is -2.10. The monoisotopic (exact) mass is 372 g/mol. The van der Waals surface area contributed by atoms with Gasteiger partial charge in [-0.1, -0.05) is 31.9 Å². The molecule has 0 amide bonds. The van der Waals surface area contributed by atoms with Crippen molar-refractivity contribution >= 4 is 37.8 Å². The molecule has 1 aromatic carbocycles. The van der Waals surface area contributed by atoms with Crippen molar-refractivity contribution in [3.63, 3.8) is 0 Å². The van der Waals surface area contributed by atoms with Gasteiger partial charge >= 0.3 is 12.6 Å². The zero-order valence-corrected chi connectivity index (χ0v) is 11.8. The molecular weight excluding hydrogens is 366 g/mol. The first-order valence-corrected chi connectivity index (χ1v) is 6.02. The van der Waals surface area contributed by atoms with Crippen molar-refractivity contribution in [3.8, 4) is 5.75 Å². The second kappa shape index (κ2) is 6.30. The lowest BCUT2D eigenvalue weighted by Crippen LogP contribution is -2.07. The van der Waals surface area contributed by atoms with Gasteiger partial charge in [0, 0.05) is 8.95 Å². The Morgan fingerprint density at radius 1 is 1.35 bits per heavy atom. The van der Waals surface area contributed by atoms with E-state index in [4.69, 9.17) is 0 Å². The van der Waals surface area contributed by atoms with Crippen molar-refractivity contribution in [1.29, 1.82) is 0 Å². The summed E-state index contributed by atoms with van der Waals surface area (Å²) in [7, 11) is 1.28. The van der Waals surface area contributed by atoms with Crippen LogP contribution in [0, 0.1) is 0 Å². The van der Waals surface area contributed by atoms with Crippen LogP contribution in [0.5, 0.6) is 5.75 Å². The Bertz CT molecular complexity index is 401. The number of alkyl halides is 2. The van der Waals surface area contributed by atoms with E-state index in [2.05, 4.69) is 41.3 Å². The van der Waals surface area contributed by atoms with Crippen LogP contribution in [0.1, 0.15) is 5.56 Å². The van der Waals surface area contributed by atoms with E-state index in [0.717, 1.165) is 0 Å². The van der Waals surface area contributed by atoms with Crippen molar-refractivity contribution in [2.24, 2.45) is 0 Å². The molecule has 0 aliphatic carbocycles. The molecule has 0 unspecified atom stereocenters. The van der Waals surface area contributed by atoms with Crippen molar-refractivity contribution in [2.45, 2.75) is 13.0 Å². The number of rotatable bonds is 4. The molecule has 1 aromatic rings. The number of hydrogen-bond donors (Lipinski definition) is 0. The summed E-state index contributed by atoms with van der Waals surface area (Å²) in [5, 5.41) is 0. The maximum Gasteiger partial charge on any atom is 0.387 e. The quantitative estimate of drug-likeness (QED) is 0.757. The van der Waals surface area contributed by atoms with Crippen LogP contribution in [0.15, 0.2) is 21.1 Å². The Balaban J connectivity index is 2.98. The van der Waals surface area contributed by atoms with Crippen LogP contribution in [0.2, 0.25) is 0 Å². The largest absolute Gasteiger partial charge is 0.469 e. The van der Waals surface area contributed by atoms with Crippen LogP contribution in [-0.2, 0) is 16.0 Å². The molecule has 0 fully saturated rings. The van der Waals surface area contributed by atoms with Gasteiger partial charge in [0.05, 0.1) is 13.5 Å². The minimum Gasteiger partial charge on any atom is -0.469 e. The molecule has 0 aromatic heterocycles. The van der Waals surface area contributed by atoms with Gasteiger partial charge in [-0.05, 0) is 17.7 Å². The Labute approximate surface area is 113 Å². The molecule has 94 valence electrons. The lowest BCUT2D eigenvalue weighted by atomic mass is 10.1. The summed E-state index contributed by atoms with van der Waals surface area (Å²) < 4.78 is 33.8. The Hall–Kier alpha value is -0.690. The number of benzene rings is 1. The minimum atomic E-state index is -2.89. The average Bonchev–Trinajstić information content (AvgIpc) is 2.22. The van der Waals surface area contributed by atoms with Crippen LogP contribution in [0.25, 0.3) is 0 Å². The molecule has 0 saturated heterocycles. The molecule has 0 bridgehead atoms. The molecule has 3 nitrogen and oxygen atoms in total. The zero-order valence-electron chi connectivity index (χ0n) is 8.68. The third-order valence-electron chi connectivity index (χ3n) is 1.89. The summed E-state index contributed by atoms with van der Waals surface area (Å²) >= 11 is 6.37. The Morgan fingerprint density at radius 2 is 1.88 bits per heavy atom. The molecule has 0 spiro atoms. The molecule has 0 atom stereocenters. The molecule has 0 aliphatic rings. The van der Waals surface area contributed by atoms with Gasteiger partial charge in [-0.3, -0.25) is 4.79 Å². The van der Waals surface area contributed by atoms with Crippen LogP contribution in [-0.4, -0.2) is 19.7 Å². The first-order valence-electron chi connectivity index (χ1n) is 4.43. The maximum atomic E-state index is 12.0. The highest BCUT2D eigenvalue weighted by Gasteiger charge is 2.14. The van der Waals surface area contributed by atoms with Gasteiger partial charge in [0.2, 0.25) is 0 Å². The summed E-state index contributed by atoms with van der Waals surface area (Å²) in [6, 6.07) is 2.74. The highest BCUT2D eigenvalue weighted by Crippen LogP contribution is 2.32. The van der Waals surface area contributed by atoms with Crippen LogP contribution < -0.4 is 4.74 Å². The molecule has 1 rings (SSSR count). The van der Waals surface area contributed by atoms with Crippen LogP contribution >= 0.6 is 31.9 Å². The molecule has 17 heavy (non-hydrogen) atoms. The van der Waals surface area contributed by atoms with Crippen molar-refractivity contribution < 1.29 is 23.0 Å². The molecule has 0 aliphatic heterocycles. The van der Waals surface area contributed by atoms with Crippen LogP contribution in [0.4, 0.5) is 8.78 Å². The third kappa shape index (κ3) is 4.23. The SMILES string of the molecule is COC(=O)Cc1c(Br)cc(OC(F)F)cc1Br. The van der Waals surface area contributed by atoms with Gasteiger partial charge in [0.25, 0.3) is 0 Å².